The Bertz CT molecular complexity index is 465. The lowest BCUT2D eigenvalue weighted by molar-refractivity contribution is -0.123. The second-order valence-electron chi connectivity index (χ2n) is 3.79. The zero-order valence-corrected chi connectivity index (χ0v) is 12.5. The van der Waals surface area contributed by atoms with Gasteiger partial charge in [0.25, 0.3) is 0 Å². The van der Waals surface area contributed by atoms with Crippen LogP contribution >= 0.6 is 27.5 Å². The number of alkyl halides is 1. The zero-order chi connectivity index (χ0) is 13.7. The number of benzene rings is 1. The van der Waals surface area contributed by atoms with Crippen molar-refractivity contribution in [2.24, 2.45) is 0 Å². The number of hydrogen-bond acceptors (Lipinski definition) is 2. The predicted molar refractivity (Wildman–Crippen MR) is 76.0 cm³/mol. The molecule has 0 heterocycles. The molecule has 0 atom stereocenters. The summed E-state index contributed by atoms with van der Waals surface area (Å²) >= 11 is 8.70. The van der Waals surface area contributed by atoms with Crippen molar-refractivity contribution in [2.45, 2.75) is 6.92 Å². The minimum absolute atomic E-state index is 0.0615. The van der Waals surface area contributed by atoms with E-state index >= 15 is 0 Å². The summed E-state index contributed by atoms with van der Waals surface area (Å²) in [6, 6.07) is 5.68. The van der Waals surface area contributed by atoms with Gasteiger partial charge in [-0.3, -0.25) is 9.59 Å². The van der Waals surface area contributed by atoms with Crippen LogP contribution < -0.4 is 10.2 Å². The van der Waals surface area contributed by atoms with Crippen LogP contribution in [0.3, 0.4) is 0 Å². The number of halogens is 2. The van der Waals surface area contributed by atoms with Crippen molar-refractivity contribution in [3.63, 3.8) is 0 Å². The number of likely N-dealkylation sites (N-methyl/N-ethyl adjacent to an activating group) is 1. The van der Waals surface area contributed by atoms with Gasteiger partial charge in [0.1, 0.15) is 5.88 Å². The minimum Gasteiger partial charge on any atom is -0.346 e. The van der Waals surface area contributed by atoms with E-state index in [0.717, 1.165) is 15.7 Å². The zero-order valence-electron chi connectivity index (χ0n) is 10.2. The number of aryl methyl sites for hydroxylation is 1. The molecule has 98 valence electrons. The maximum atomic E-state index is 11.9. The van der Waals surface area contributed by atoms with Crippen molar-refractivity contribution in [3.05, 3.63) is 28.2 Å². The van der Waals surface area contributed by atoms with Gasteiger partial charge in [-0.25, -0.2) is 0 Å². The SMILES string of the molecule is Cc1ccc(Br)cc1N(C)C(=O)CNC(=O)CCl. The molecule has 1 aromatic carbocycles. The lowest BCUT2D eigenvalue weighted by Crippen LogP contribution is -2.38. The Kier molecular flexibility index (Phi) is 5.62. The minimum atomic E-state index is -0.357. The summed E-state index contributed by atoms with van der Waals surface area (Å²) in [5.74, 6) is -0.702. The quantitative estimate of drug-likeness (QED) is 0.858. The predicted octanol–water partition coefficient (Wildman–Crippen LogP) is 2.08. The third kappa shape index (κ3) is 3.99. The molecule has 1 aromatic rings. The van der Waals surface area contributed by atoms with Crippen molar-refractivity contribution in [3.8, 4) is 0 Å². The molecule has 18 heavy (non-hydrogen) atoms. The summed E-state index contributed by atoms with van der Waals surface area (Å²) in [4.78, 5) is 24.4. The summed E-state index contributed by atoms with van der Waals surface area (Å²) in [5, 5.41) is 2.44. The van der Waals surface area contributed by atoms with Gasteiger partial charge in [-0.1, -0.05) is 22.0 Å². The number of nitrogens with zero attached hydrogens (tertiary/aromatic N) is 1. The first kappa shape index (κ1) is 15.0. The number of hydrogen-bond donors (Lipinski definition) is 1. The van der Waals surface area contributed by atoms with E-state index in [1.807, 2.05) is 25.1 Å². The van der Waals surface area contributed by atoms with Gasteiger partial charge in [0.2, 0.25) is 11.8 Å². The number of anilines is 1. The molecule has 2 amide bonds. The smallest absolute Gasteiger partial charge is 0.246 e. The normalized spacial score (nSPS) is 10.0. The lowest BCUT2D eigenvalue weighted by Gasteiger charge is -2.20. The molecule has 0 aromatic heterocycles. The molecule has 6 heteroatoms. The summed E-state index contributed by atoms with van der Waals surface area (Å²) in [6.45, 7) is 1.86. The van der Waals surface area contributed by atoms with Gasteiger partial charge in [-0.15, -0.1) is 11.6 Å². The molecule has 1 N–H and O–H groups in total. The molecule has 1 rings (SSSR count). The maximum Gasteiger partial charge on any atom is 0.246 e. The van der Waals surface area contributed by atoms with Gasteiger partial charge in [0.05, 0.1) is 6.54 Å². The molecule has 0 unspecified atom stereocenters. The highest BCUT2D eigenvalue weighted by molar-refractivity contribution is 9.10. The van der Waals surface area contributed by atoms with Crippen LogP contribution in [0, 0.1) is 6.92 Å². The van der Waals surface area contributed by atoms with E-state index in [1.54, 1.807) is 7.05 Å². The Morgan fingerprint density at radius 1 is 1.44 bits per heavy atom. The highest BCUT2D eigenvalue weighted by atomic mass is 79.9. The number of carbonyl (C=O) groups is 2. The lowest BCUT2D eigenvalue weighted by atomic mass is 10.2. The van der Waals surface area contributed by atoms with E-state index in [1.165, 1.54) is 4.90 Å². The van der Waals surface area contributed by atoms with Crippen LogP contribution in [-0.4, -0.2) is 31.3 Å². The second kappa shape index (κ2) is 6.75. The van der Waals surface area contributed by atoms with E-state index in [0.29, 0.717) is 0 Å². The molecule has 0 saturated carbocycles. The molecule has 0 aliphatic rings. The van der Waals surface area contributed by atoms with Crippen molar-refractivity contribution in [1.82, 2.24) is 5.32 Å². The van der Waals surface area contributed by atoms with Crippen LogP contribution in [0.4, 0.5) is 5.69 Å². The Hall–Kier alpha value is -1.07. The Balaban J connectivity index is 2.74. The molecule has 0 bridgehead atoms. The summed E-state index contributed by atoms with van der Waals surface area (Å²) in [7, 11) is 1.67. The van der Waals surface area contributed by atoms with Gasteiger partial charge in [-0.2, -0.15) is 0 Å². The summed E-state index contributed by atoms with van der Waals surface area (Å²) in [5.41, 5.74) is 1.78. The van der Waals surface area contributed by atoms with Crippen LogP contribution in [-0.2, 0) is 9.59 Å². The Morgan fingerprint density at radius 2 is 2.11 bits per heavy atom. The highest BCUT2D eigenvalue weighted by Gasteiger charge is 2.14. The second-order valence-corrected chi connectivity index (χ2v) is 4.98. The van der Waals surface area contributed by atoms with Gasteiger partial charge >= 0.3 is 0 Å². The first-order valence-electron chi connectivity index (χ1n) is 5.31. The number of rotatable bonds is 4. The van der Waals surface area contributed by atoms with Crippen LogP contribution in [0.5, 0.6) is 0 Å². The summed E-state index contributed by atoms with van der Waals surface area (Å²) in [6.07, 6.45) is 0. The standard InChI is InChI=1S/C12H14BrClN2O2/c1-8-3-4-9(13)5-10(8)16(2)12(18)7-15-11(17)6-14/h3-5H,6-7H2,1-2H3,(H,15,17). The largest absolute Gasteiger partial charge is 0.346 e. The molecular weight excluding hydrogens is 320 g/mol. The van der Waals surface area contributed by atoms with E-state index in [-0.39, 0.29) is 24.2 Å². The van der Waals surface area contributed by atoms with Crippen LogP contribution in [0.25, 0.3) is 0 Å². The molecule has 0 spiro atoms. The fourth-order valence-corrected chi connectivity index (χ4v) is 1.86. The monoisotopic (exact) mass is 332 g/mol. The van der Waals surface area contributed by atoms with Crippen LogP contribution in [0.2, 0.25) is 0 Å². The van der Waals surface area contributed by atoms with Crippen LogP contribution in [0.1, 0.15) is 5.56 Å². The molecular formula is C12H14BrClN2O2. The Labute approximate surface area is 119 Å². The average molecular weight is 334 g/mol. The van der Waals surface area contributed by atoms with Crippen molar-refractivity contribution in [1.29, 1.82) is 0 Å². The molecule has 0 aliphatic heterocycles. The molecule has 0 saturated heterocycles. The van der Waals surface area contributed by atoms with E-state index in [2.05, 4.69) is 21.2 Å². The topological polar surface area (TPSA) is 49.4 Å². The first-order chi connectivity index (χ1) is 8.45. The third-order valence-electron chi connectivity index (χ3n) is 2.46. The van der Waals surface area contributed by atoms with Crippen molar-refractivity contribution < 1.29 is 9.59 Å². The fraction of sp³-hybridized carbons (Fsp3) is 0.333. The van der Waals surface area contributed by atoms with E-state index in [9.17, 15) is 9.59 Å². The molecule has 0 fully saturated rings. The summed E-state index contributed by atoms with van der Waals surface area (Å²) < 4.78 is 0.896. The maximum absolute atomic E-state index is 11.9. The third-order valence-corrected chi connectivity index (χ3v) is 3.20. The van der Waals surface area contributed by atoms with Crippen molar-refractivity contribution >= 4 is 45.0 Å². The number of amides is 2. The number of carbonyl (C=O) groups excluding carboxylic acids is 2. The van der Waals surface area contributed by atoms with E-state index < -0.39 is 0 Å². The van der Waals surface area contributed by atoms with Gasteiger partial charge < -0.3 is 10.2 Å². The van der Waals surface area contributed by atoms with Gasteiger partial charge in [-0.05, 0) is 24.6 Å². The highest BCUT2D eigenvalue weighted by Crippen LogP contribution is 2.23. The Morgan fingerprint density at radius 3 is 2.72 bits per heavy atom. The van der Waals surface area contributed by atoms with Crippen molar-refractivity contribution in [2.75, 3.05) is 24.4 Å². The molecule has 0 radical (unpaired) electrons. The average Bonchev–Trinajstić information content (AvgIpc) is 2.37. The first-order valence-corrected chi connectivity index (χ1v) is 6.64. The fourth-order valence-electron chi connectivity index (χ4n) is 1.42. The van der Waals surface area contributed by atoms with Crippen LogP contribution in [0.15, 0.2) is 22.7 Å². The van der Waals surface area contributed by atoms with E-state index in [4.69, 9.17) is 11.6 Å². The van der Waals surface area contributed by atoms with Gasteiger partial charge in [0.15, 0.2) is 0 Å². The molecule has 4 nitrogen and oxygen atoms in total. The van der Waals surface area contributed by atoms with Gasteiger partial charge in [0, 0.05) is 17.2 Å². The molecule has 0 aliphatic carbocycles. The number of nitrogens with one attached hydrogen (secondary N) is 1.